The zero-order chi connectivity index (χ0) is 13.9. The lowest BCUT2D eigenvalue weighted by atomic mass is 10.1. The van der Waals surface area contributed by atoms with Crippen LogP contribution in [-0.2, 0) is 11.3 Å². The lowest BCUT2D eigenvalue weighted by Crippen LogP contribution is -2.37. The summed E-state index contributed by atoms with van der Waals surface area (Å²) in [7, 11) is 0. The smallest absolute Gasteiger partial charge is 0.230 e. The van der Waals surface area contributed by atoms with E-state index in [-0.39, 0.29) is 12.0 Å². The largest absolute Gasteiger partial charge is 0.424 e. The molecule has 1 fully saturated rings. The monoisotopic (exact) mass is 293 g/mol. The molecule has 3 rings (SSSR count). The lowest BCUT2D eigenvalue weighted by Gasteiger charge is -2.31. The fraction of sp³-hybridized carbons (Fsp3) is 0.571. The average molecular weight is 293 g/mol. The van der Waals surface area contributed by atoms with E-state index in [2.05, 4.69) is 45.8 Å². The predicted molar refractivity (Wildman–Crippen MR) is 76.7 cm³/mol. The molecule has 2 aromatic rings. The van der Waals surface area contributed by atoms with E-state index in [0.29, 0.717) is 18.3 Å². The topological polar surface area (TPSA) is 51.4 Å². The summed E-state index contributed by atoms with van der Waals surface area (Å²) in [6.07, 6.45) is 0.155. The Morgan fingerprint density at radius 3 is 3.05 bits per heavy atom. The zero-order valence-corrected chi connectivity index (χ0v) is 12.6. The molecule has 0 amide bonds. The van der Waals surface area contributed by atoms with Crippen molar-refractivity contribution in [2.75, 3.05) is 19.7 Å². The van der Waals surface area contributed by atoms with Crippen molar-refractivity contribution in [2.24, 2.45) is 0 Å². The molecule has 0 aromatic carbocycles. The van der Waals surface area contributed by atoms with Crippen LogP contribution in [0.5, 0.6) is 0 Å². The number of nitrogens with zero attached hydrogens (tertiary/aromatic N) is 3. The van der Waals surface area contributed by atoms with Gasteiger partial charge in [-0.05, 0) is 22.4 Å². The fourth-order valence-electron chi connectivity index (χ4n) is 2.26. The van der Waals surface area contributed by atoms with E-state index in [1.807, 2.05) is 0 Å². The lowest BCUT2D eigenvalue weighted by molar-refractivity contribution is -0.0350. The number of rotatable bonds is 4. The van der Waals surface area contributed by atoms with Gasteiger partial charge in [-0.25, -0.2) is 0 Å². The van der Waals surface area contributed by atoms with Crippen molar-refractivity contribution in [3.63, 3.8) is 0 Å². The Morgan fingerprint density at radius 2 is 2.35 bits per heavy atom. The van der Waals surface area contributed by atoms with Gasteiger partial charge in [0.1, 0.15) is 0 Å². The van der Waals surface area contributed by atoms with Crippen LogP contribution in [0.4, 0.5) is 0 Å². The average Bonchev–Trinajstić information content (AvgIpc) is 3.10. The number of morpholine rings is 1. The van der Waals surface area contributed by atoms with Gasteiger partial charge in [0.05, 0.1) is 19.3 Å². The van der Waals surface area contributed by atoms with Crippen LogP contribution < -0.4 is 0 Å². The zero-order valence-electron chi connectivity index (χ0n) is 11.8. The minimum Gasteiger partial charge on any atom is -0.424 e. The molecule has 108 valence electrons. The van der Waals surface area contributed by atoms with E-state index in [9.17, 15) is 0 Å². The van der Waals surface area contributed by atoms with Gasteiger partial charge in [-0.3, -0.25) is 4.90 Å². The van der Waals surface area contributed by atoms with Crippen molar-refractivity contribution >= 4 is 11.3 Å². The molecule has 0 radical (unpaired) electrons. The minimum atomic E-state index is 0.155. The van der Waals surface area contributed by atoms with Gasteiger partial charge in [0, 0.05) is 19.0 Å². The summed E-state index contributed by atoms with van der Waals surface area (Å²) in [4.78, 5) is 2.31. The molecule has 0 aliphatic carbocycles. The van der Waals surface area contributed by atoms with E-state index in [1.54, 1.807) is 11.3 Å². The highest BCUT2D eigenvalue weighted by Gasteiger charge is 2.23. The van der Waals surface area contributed by atoms with Crippen LogP contribution in [0.25, 0.3) is 0 Å². The SMILES string of the molecule is CC(C)c1nnc(CN2CCOC(c3ccsc3)C2)o1. The second kappa shape index (κ2) is 6.03. The first-order valence-electron chi connectivity index (χ1n) is 6.90. The van der Waals surface area contributed by atoms with Crippen LogP contribution in [-0.4, -0.2) is 34.8 Å². The molecule has 20 heavy (non-hydrogen) atoms. The van der Waals surface area contributed by atoms with Gasteiger partial charge < -0.3 is 9.15 Å². The summed E-state index contributed by atoms with van der Waals surface area (Å²) < 4.78 is 11.5. The molecule has 2 aromatic heterocycles. The molecule has 0 saturated carbocycles. The van der Waals surface area contributed by atoms with E-state index in [1.165, 1.54) is 5.56 Å². The maximum Gasteiger partial charge on any atom is 0.230 e. The van der Waals surface area contributed by atoms with E-state index in [4.69, 9.17) is 9.15 Å². The maximum atomic E-state index is 5.83. The Kier molecular flexibility index (Phi) is 4.14. The van der Waals surface area contributed by atoms with Gasteiger partial charge in [0.15, 0.2) is 0 Å². The first-order chi connectivity index (χ1) is 9.72. The Morgan fingerprint density at radius 1 is 1.45 bits per heavy atom. The van der Waals surface area contributed by atoms with Gasteiger partial charge in [-0.15, -0.1) is 10.2 Å². The Hall–Kier alpha value is -1.24. The van der Waals surface area contributed by atoms with Crippen LogP contribution in [0.1, 0.15) is 43.2 Å². The summed E-state index contributed by atoms with van der Waals surface area (Å²) in [5.41, 5.74) is 1.26. The van der Waals surface area contributed by atoms with E-state index < -0.39 is 0 Å². The summed E-state index contributed by atoms with van der Waals surface area (Å²) in [6, 6.07) is 2.13. The summed E-state index contributed by atoms with van der Waals surface area (Å²) in [5.74, 6) is 1.68. The van der Waals surface area contributed by atoms with Crippen LogP contribution in [0.15, 0.2) is 21.2 Å². The van der Waals surface area contributed by atoms with Crippen LogP contribution >= 0.6 is 11.3 Å². The molecule has 0 bridgehead atoms. The Labute approximate surface area is 122 Å². The summed E-state index contributed by atoms with van der Waals surface area (Å²) >= 11 is 1.71. The van der Waals surface area contributed by atoms with E-state index >= 15 is 0 Å². The predicted octanol–water partition coefficient (Wildman–Crippen LogP) is 2.83. The van der Waals surface area contributed by atoms with Crippen molar-refractivity contribution in [3.05, 3.63) is 34.2 Å². The highest BCUT2D eigenvalue weighted by Crippen LogP contribution is 2.25. The first kappa shape index (κ1) is 13.7. The minimum absolute atomic E-state index is 0.155. The van der Waals surface area contributed by atoms with Crippen LogP contribution in [0, 0.1) is 0 Å². The Balaban J connectivity index is 1.62. The summed E-state index contributed by atoms with van der Waals surface area (Å²) in [5, 5.41) is 12.4. The molecule has 1 atom stereocenters. The quantitative estimate of drug-likeness (QED) is 0.867. The molecule has 1 unspecified atom stereocenters. The van der Waals surface area contributed by atoms with E-state index in [0.717, 1.165) is 19.7 Å². The molecule has 3 heterocycles. The highest BCUT2D eigenvalue weighted by atomic mass is 32.1. The number of thiophene rings is 1. The highest BCUT2D eigenvalue weighted by molar-refractivity contribution is 7.07. The standard InChI is InChI=1S/C14H19N3O2S/c1-10(2)14-16-15-13(19-14)8-17-4-5-18-12(7-17)11-3-6-20-9-11/h3,6,9-10,12H,4-5,7-8H2,1-2H3. The second-order valence-electron chi connectivity index (χ2n) is 5.34. The van der Waals surface area contributed by atoms with Gasteiger partial charge in [-0.1, -0.05) is 13.8 Å². The van der Waals surface area contributed by atoms with Crippen molar-refractivity contribution < 1.29 is 9.15 Å². The molecule has 6 heteroatoms. The number of hydrogen-bond donors (Lipinski definition) is 0. The van der Waals surface area contributed by atoms with Crippen molar-refractivity contribution in [3.8, 4) is 0 Å². The van der Waals surface area contributed by atoms with Crippen LogP contribution in [0.2, 0.25) is 0 Å². The second-order valence-corrected chi connectivity index (χ2v) is 6.12. The van der Waals surface area contributed by atoms with Gasteiger partial charge >= 0.3 is 0 Å². The van der Waals surface area contributed by atoms with Crippen LogP contribution in [0.3, 0.4) is 0 Å². The van der Waals surface area contributed by atoms with Crippen molar-refractivity contribution in [2.45, 2.75) is 32.4 Å². The molecular weight excluding hydrogens is 274 g/mol. The Bertz CT molecular complexity index is 538. The molecule has 5 nitrogen and oxygen atoms in total. The number of aromatic nitrogens is 2. The molecule has 1 aliphatic rings. The molecule has 0 spiro atoms. The first-order valence-corrected chi connectivity index (χ1v) is 7.85. The van der Waals surface area contributed by atoms with Gasteiger partial charge in [-0.2, -0.15) is 11.3 Å². The third-order valence-corrected chi connectivity index (χ3v) is 4.10. The van der Waals surface area contributed by atoms with Gasteiger partial charge in [0.2, 0.25) is 11.8 Å². The fourth-order valence-corrected chi connectivity index (χ4v) is 2.96. The maximum absolute atomic E-state index is 5.83. The third kappa shape index (κ3) is 3.08. The number of hydrogen-bond acceptors (Lipinski definition) is 6. The molecule has 0 N–H and O–H groups in total. The summed E-state index contributed by atoms with van der Waals surface area (Å²) in [6.45, 7) is 7.32. The molecule has 1 aliphatic heterocycles. The molecular formula is C14H19N3O2S. The van der Waals surface area contributed by atoms with Gasteiger partial charge in [0.25, 0.3) is 0 Å². The normalized spacial score (nSPS) is 20.6. The van der Waals surface area contributed by atoms with Crippen molar-refractivity contribution in [1.29, 1.82) is 0 Å². The van der Waals surface area contributed by atoms with Crippen molar-refractivity contribution in [1.82, 2.24) is 15.1 Å². The third-order valence-electron chi connectivity index (χ3n) is 3.40. The number of ether oxygens (including phenoxy) is 1. The molecule has 1 saturated heterocycles.